The first kappa shape index (κ1) is 20.3. The number of rotatable bonds is 5. The third-order valence-corrected chi connectivity index (χ3v) is 6.23. The predicted octanol–water partition coefficient (Wildman–Crippen LogP) is 4.00. The molecule has 0 aliphatic carbocycles. The van der Waals surface area contributed by atoms with Crippen LogP contribution in [-0.4, -0.2) is 37.6 Å². The molecule has 2 aromatic heterocycles. The molecule has 1 saturated heterocycles. The number of hydrogen-bond donors (Lipinski definition) is 1. The van der Waals surface area contributed by atoms with Gasteiger partial charge in [-0.3, -0.25) is 9.00 Å². The van der Waals surface area contributed by atoms with Crippen LogP contribution in [0.15, 0.2) is 48.7 Å². The Morgan fingerprint density at radius 1 is 1.13 bits per heavy atom. The molecule has 0 saturated carbocycles. The smallest absolute Gasteiger partial charge is 0.270 e. The summed E-state index contributed by atoms with van der Waals surface area (Å²) in [5, 5.41) is 3.72. The molecule has 1 aliphatic rings. The van der Waals surface area contributed by atoms with Crippen LogP contribution < -0.4 is 10.1 Å². The Morgan fingerprint density at radius 2 is 1.93 bits per heavy atom. The van der Waals surface area contributed by atoms with Crippen LogP contribution in [0.5, 0.6) is 11.6 Å². The Hall–Kier alpha value is -2.94. The van der Waals surface area contributed by atoms with Crippen LogP contribution >= 0.6 is 0 Å². The molecule has 1 fully saturated rings. The Bertz CT molecular complexity index is 1080. The van der Waals surface area contributed by atoms with Gasteiger partial charge in [-0.15, -0.1) is 0 Å². The number of halogens is 2. The molecule has 1 N–H and O–H groups in total. The molecule has 9 heteroatoms. The van der Waals surface area contributed by atoms with Crippen molar-refractivity contribution < 1.29 is 22.5 Å². The van der Waals surface area contributed by atoms with E-state index in [0.717, 1.165) is 11.6 Å². The number of amides is 1. The topological polar surface area (TPSA) is 81.2 Å². The minimum Gasteiger partial charge on any atom is -0.439 e. The van der Waals surface area contributed by atoms with E-state index in [-0.39, 0.29) is 23.4 Å². The first-order valence-corrected chi connectivity index (χ1v) is 11.0. The average molecular weight is 431 g/mol. The molecule has 1 aromatic carbocycles. The van der Waals surface area contributed by atoms with Crippen LogP contribution in [0.25, 0.3) is 10.9 Å². The summed E-state index contributed by atoms with van der Waals surface area (Å²) in [5.74, 6) is 1.65. The maximum atomic E-state index is 12.6. The molecular weight excluding hydrogens is 412 g/mol. The van der Waals surface area contributed by atoms with Crippen molar-refractivity contribution >= 4 is 27.6 Å². The molecule has 1 amide bonds. The maximum absolute atomic E-state index is 12.6. The monoisotopic (exact) mass is 431 g/mol. The summed E-state index contributed by atoms with van der Waals surface area (Å²) in [6, 6.07) is 11.2. The van der Waals surface area contributed by atoms with Crippen LogP contribution in [0.2, 0.25) is 0 Å². The van der Waals surface area contributed by atoms with Gasteiger partial charge in [0, 0.05) is 51.6 Å². The molecule has 30 heavy (non-hydrogen) atoms. The van der Waals surface area contributed by atoms with Gasteiger partial charge in [0.2, 0.25) is 5.88 Å². The zero-order chi connectivity index (χ0) is 21.1. The van der Waals surface area contributed by atoms with E-state index in [1.54, 1.807) is 30.3 Å². The largest absolute Gasteiger partial charge is 0.439 e. The zero-order valence-electron chi connectivity index (χ0n) is 15.9. The molecule has 1 aliphatic heterocycles. The molecule has 4 rings (SSSR count). The highest BCUT2D eigenvalue weighted by molar-refractivity contribution is 7.85. The Balaban J connectivity index is 1.45. The highest BCUT2D eigenvalue weighted by Crippen LogP contribution is 2.26. The zero-order valence-corrected chi connectivity index (χ0v) is 16.7. The molecule has 3 aromatic rings. The van der Waals surface area contributed by atoms with Crippen LogP contribution in [0.4, 0.5) is 8.78 Å². The highest BCUT2D eigenvalue weighted by atomic mass is 32.2. The van der Waals surface area contributed by atoms with Gasteiger partial charge in [-0.2, -0.15) is 0 Å². The second-order valence-electron chi connectivity index (χ2n) is 6.98. The first-order valence-electron chi connectivity index (χ1n) is 9.46. The van der Waals surface area contributed by atoms with Crippen molar-refractivity contribution in [2.45, 2.75) is 25.3 Å². The van der Waals surface area contributed by atoms with Gasteiger partial charge in [0.1, 0.15) is 11.4 Å². The summed E-state index contributed by atoms with van der Waals surface area (Å²) in [7, 11) is -0.776. The lowest BCUT2D eigenvalue weighted by Crippen LogP contribution is -2.39. The van der Waals surface area contributed by atoms with E-state index >= 15 is 0 Å². The predicted molar refractivity (Wildman–Crippen MR) is 109 cm³/mol. The van der Waals surface area contributed by atoms with Crippen molar-refractivity contribution in [2.75, 3.05) is 11.5 Å². The molecule has 0 atom stereocenters. The van der Waals surface area contributed by atoms with Crippen molar-refractivity contribution in [3.8, 4) is 11.6 Å². The second-order valence-corrected chi connectivity index (χ2v) is 8.68. The maximum Gasteiger partial charge on any atom is 0.270 e. The molecule has 0 bridgehead atoms. The summed E-state index contributed by atoms with van der Waals surface area (Å²) in [4.78, 5) is 20.8. The van der Waals surface area contributed by atoms with E-state index in [4.69, 9.17) is 4.74 Å². The Kier molecular flexibility index (Phi) is 5.98. The van der Waals surface area contributed by atoms with E-state index in [2.05, 4.69) is 15.3 Å². The fourth-order valence-corrected chi connectivity index (χ4v) is 4.49. The lowest BCUT2D eigenvalue weighted by Gasteiger charge is -2.22. The van der Waals surface area contributed by atoms with Gasteiger partial charge < -0.3 is 10.1 Å². The lowest BCUT2D eigenvalue weighted by molar-refractivity contribution is 0.0930. The minimum absolute atomic E-state index is 0.0208. The van der Waals surface area contributed by atoms with Crippen molar-refractivity contribution in [3.63, 3.8) is 0 Å². The lowest BCUT2D eigenvalue weighted by atomic mass is 10.1. The van der Waals surface area contributed by atoms with Crippen LogP contribution in [0.3, 0.4) is 0 Å². The molecule has 0 spiro atoms. The van der Waals surface area contributed by atoms with Crippen LogP contribution in [0.1, 0.15) is 35.3 Å². The SMILES string of the molecule is O=C(NC1CCS(=O)CC1)c1ccc2cc(Oc3ccc(C(F)F)cn3)ccc2n1. The van der Waals surface area contributed by atoms with Gasteiger partial charge in [-0.25, -0.2) is 18.7 Å². The van der Waals surface area contributed by atoms with E-state index in [1.807, 2.05) is 0 Å². The Morgan fingerprint density at radius 3 is 2.63 bits per heavy atom. The number of aromatic nitrogens is 2. The minimum atomic E-state index is -2.58. The normalized spacial score (nSPS) is 19.0. The third-order valence-electron chi connectivity index (χ3n) is 4.85. The number of carbonyl (C=O) groups excluding carboxylic acids is 1. The molecule has 6 nitrogen and oxygen atoms in total. The van der Waals surface area contributed by atoms with E-state index in [0.29, 0.717) is 41.3 Å². The average Bonchev–Trinajstić information content (AvgIpc) is 2.75. The van der Waals surface area contributed by atoms with Crippen molar-refractivity contribution in [1.82, 2.24) is 15.3 Å². The highest BCUT2D eigenvalue weighted by Gasteiger charge is 2.20. The molecule has 0 unspecified atom stereocenters. The molecule has 0 radical (unpaired) electrons. The fraction of sp³-hybridized carbons (Fsp3) is 0.286. The standard InChI is InChI=1S/C21H19F2N3O3S/c22-20(23)14-2-6-19(24-12-14)29-16-3-5-17-13(11-16)1-4-18(26-17)21(27)25-15-7-9-30(28)10-8-15/h1-6,11-12,15,20H,7-10H2,(H,25,27). The number of nitrogens with zero attached hydrogens (tertiary/aromatic N) is 2. The number of benzene rings is 1. The van der Waals surface area contributed by atoms with Gasteiger partial charge in [-0.05, 0) is 43.2 Å². The number of fused-ring (bicyclic) bond motifs is 1. The molecule has 156 valence electrons. The number of ether oxygens (including phenoxy) is 1. The fourth-order valence-electron chi connectivity index (χ4n) is 3.19. The second kappa shape index (κ2) is 8.83. The summed E-state index contributed by atoms with van der Waals surface area (Å²) in [6.45, 7) is 0. The van der Waals surface area contributed by atoms with Crippen molar-refractivity contribution in [3.05, 3.63) is 59.9 Å². The van der Waals surface area contributed by atoms with Crippen LogP contribution in [0, 0.1) is 0 Å². The van der Waals surface area contributed by atoms with Gasteiger partial charge >= 0.3 is 0 Å². The van der Waals surface area contributed by atoms with Crippen LogP contribution in [-0.2, 0) is 10.8 Å². The van der Waals surface area contributed by atoms with E-state index in [9.17, 15) is 17.8 Å². The summed E-state index contributed by atoms with van der Waals surface area (Å²) >= 11 is 0. The summed E-state index contributed by atoms with van der Waals surface area (Å²) < 4.78 is 42.3. The van der Waals surface area contributed by atoms with Gasteiger partial charge in [0.25, 0.3) is 12.3 Å². The first-order chi connectivity index (χ1) is 14.5. The van der Waals surface area contributed by atoms with Gasteiger partial charge in [0.15, 0.2) is 0 Å². The summed E-state index contributed by atoms with van der Waals surface area (Å²) in [5.41, 5.74) is 0.769. The van der Waals surface area contributed by atoms with E-state index < -0.39 is 17.2 Å². The molecular formula is C21H19F2N3O3S. The van der Waals surface area contributed by atoms with Gasteiger partial charge in [-0.1, -0.05) is 6.07 Å². The third kappa shape index (κ3) is 4.79. The summed E-state index contributed by atoms with van der Waals surface area (Å²) in [6.07, 6.45) is -0.0816. The van der Waals surface area contributed by atoms with Gasteiger partial charge in [0.05, 0.1) is 5.52 Å². The number of carbonyl (C=O) groups is 1. The van der Waals surface area contributed by atoms with Crippen molar-refractivity contribution in [2.24, 2.45) is 0 Å². The van der Waals surface area contributed by atoms with Crippen molar-refractivity contribution in [1.29, 1.82) is 0 Å². The number of alkyl halides is 2. The number of nitrogens with one attached hydrogen (secondary N) is 1. The Labute approximate surface area is 174 Å². The molecule has 3 heterocycles. The number of pyridine rings is 2. The van der Waals surface area contributed by atoms with E-state index in [1.165, 1.54) is 12.1 Å². The number of hydrogen-bond acceptors (Lipinski definition) is 5. The quantitative estimate of drug-likeness (QED) is 0.660.